The fourth-order valence-electron chi connectivity index (χ4n) is 9.86. The van der Waals surface area contributed by atoms with Crippen molar-refractivity contribution in [2.75, 3.05) is 74.8 Å². The van der Waals surface area contributed by atoms with Crippen molar-refractivity contribution >= 4 is 60.3 Å². The summed E-state index contributed by atoms with van der Waals surface area (Å²) >= 11 is 7.73. The predicted octanol–water partition coefficient (Wildman–Crippen LogP) is 9.56. The molecule has 2 atom stereocenters. The Morgan fingerprint density at radius 2 is 1.68 bits per heavy atom. The van der Waals surface area contributed by atoms with E-state index in [1.54, 1.807) is 0 Å². The maximum Gasteiger partial charge on any atom is 0.501 e. The van der Waals surface area contributed by atoms with Crippen molar-refractivity contribution in [3.05, 3.63) is 119 Å². The number of nitrogens with zero attached hydrogens (tertiary/aromatic N) is 5. The lowest BCUT2D eigenvalue weighted by Gasteiger charge is -2.42. The number of allylic oxidation sites excluding steroid dienone is 2. The number of anilines is 2. The van der Waals surface area contributed by atoms with Gasteiger partial charge in [0.15, 0.2) is 0 Å². The van der Waals surface area contributed by atoms with Crippen molar-refractivity contribution in [1.82, 2.24) is 24.7 Å². The van der Waals surface area contributed by atoms with Gasteiger partial charge in [0, 0.05) is 72.6 Å². The number of rotatable bonds is 17. The predicted molar refractivity (Wildman–Crippen MR) is 268 cm³/mol. The number of nitrogens with one attached hydrogen (secondary N) is 2. The molecule has 0 saturated carbocycles. The van der Waals surface area contributed by atoms with Gasteiger partial charge in [-0.2, -0.15) is 13.2 Å². The molecule has 1 aliphatic carbocycles. The first kappa shape index (κ1) is 51.3. The Morgan fingerprint density at radius 3 is 2.38 bits per heavy atom. The first-order chi connectivity index (χ1) is 32.9. The Bertz CT molecular complexity index is 2720. The van der Waals surface area contributed by atoms with Gasteiger partial charge in [-0.05, 0) is 124 Å². The highest BCUT2D eigenvalue weighted by molar-refractivity contribution is 7.99. The van der Waals surface area contributed by atoms with Crippen LogP contribution in [0.5, 0.6) is 0 Å². The zero-order valence-corrected chi connectivity index (χ0v) is 42.3. The average Bonchev–Trinajstić information content (AvgIpc) is 3.33. The third kappa shape index (κ3) is 12.4. The minimum absolute atomic E-state index is 0.0111. The van der Waals surface area contributed by atoms with Gasteiger partial charge in [-0.1, -0.05) is 66.6 Å². The van der Waals surface area contributed by atoms with Crippen LogP contribution in [0.25, 0.3) is 5.57 Å². The second-order valence-corrected chi connectivity index (χ2v) is 24.0. The van der Waals surface area contributed by atoms with Crippen LogP contribution < -0.4 is 10.0 Å². The molecule has 8 rings (SSSR count). The van der Waals surface area contributed by atoms with E-state index in [2.05, 4.69) is 67.3 Å². The van der Waals surface area contributed by atoms with Gasteiger partial charge in [-0.3, -0.25) is 19.4 Å². The molecule has 2 fully saturated rings. The van der Waals surface area contributed by atoms with Gasteiger partial charge in [-0.25, -0.2) is 26.8 Å². The third-order valence-electron chi connectivity index (χ3n) is 14.2. The number of benzene rings is 3. The summed E-state index contributed by atoms with van der Waals surface area (Å²) in [5, 5.41) is 3.78. The number of alkyl halides is 3. The third-order valence-corrected chi connectivity index (χ3v) is 18.5. The van der Waals surface area contributed by atoms with Crippen LogP contribution >= 0.6 is 23.4 Å². The molecule has 2 saturated heterocycles. The molecule has 0 spiro atoms. The van der Waals surface area contributed by atoms with Crippen molar-refractivity contribution in [2.45, 2.75) is 97.6 Å². The highest BCUT2D eigenvalue weighted by Crippen LogP contribution is 2.47. The first-order valence-electron chi connectivity index (χ1n) is 23.5. The molecule has 4 aliphatic rings. The van der Waals surface area contributed by atoms with Crippen LogP contribution in [0.2, 0.25) is 5.02 Å². The van der Waals surface area contributed by atoms with Crippen molar-refractivity contribution in [3.8, 4) is 0 Å². The smallest absolute Gasteiger partial charge is 0.380 e. The Morgan fingerprint density at radius 1 is 0.957 bits per heavy atom. The van der Waals surface area contributed by atoms with E-state index in [0.717, 1.165) is 73.8 Å². The molecule has 0 radical (unpaired) electrons. The summed E-state index contributed by atoms with van der Waals surface area (Å²) < 4.78 is 105. The number of sulfonamides is 1. The van der Waals surface area contributed by atoms with E-state index in [1.165, 1.54) is 40.4 Å². The van der Waals surface area contributed by atoms with Crippen LogP contribution in [0, 0.1) is 5.41 Å². The van der Waals surface area contributed by atoms with Crippen molar-refractivity contribution in [2.24, 2.45) is 5.41 Å². The summed E-state index contributed by atoms with van der Waals surface area (Å²) in [5.41, 5.74) is 0.556. The van der Waals surface area contributed by atoms with Crippen LogP contribution in [0.15, 0.2) is 112 Å². The Labute approximate surface area is 414 Å². The maximum atomic E-state index is 14.3. The second-order valence-electron chi connectivity index (χ2n) is 18.9. The Hall–Kier alpha value is -4.01. The van der Waals surface area contributed by atoms with Gasteiger partial charge >= 0.3 is 5.51 Å². The van der Waals surface area contributed by atoms with Gasteiger partial charge < -0.3 is 10.1 Å². The second kappa shape index (κ2) is 21.8. The maximum absolute atomic E-state index is 14.3. The molecule has 372 valence electrons. The Balaban J connectivity index is 0.953. The first-order valence-corrected chi connectivity index (χ1v) is 27.9. The van der Waals surface area contributed by atoms with E-state index in [-0.39, 0.29) is 16.9 Å². The minimum atomic E-state index is -6.01. The van der Waals surface area contributed by atoms with Crippen LogP contribution in [0.3, 0.4) is 0 Å². The molecule has 12 nitrogen and oxygen atoms in total. The number of fused-ring (bicyclic) bond motifs is 1. The monoisotopic (exact) mass is 1030 g/mol. The largest absolute Gasteiger partial charge is 0.501 e. The average molecular weight is 1030 g/mol. The fraction of sp³-hybridized carbons (Fsp3) is 0.480. The molecule has 0 bridgehead atoms. The highest BCUT2D eigenvalue weighted by atomic mass is 35.5. The Kier molecular flexibility index (Phi) is 16.2. The van der Waals surface area contributed by atoms with E-state index >= 15 is 0 Å². The van der Waals surface area contributed by atoms with Crippen LogP contribution in [0.1, 0.15) is 69.2 Å². The molecule has 19 heteroatoms. The van der Waals surface area contributed by atoms with E-state index in [4.69, 9.17) is 16.3 Å². The zero-order valence-electron chi connectivity index (χ0n) is 39.1. The molecule has 0 amide bonds. The molecule has 4 aromatic rings. The molecule has 4 heterocycles. The van der Waals surface area contributed by atoms with E-state index in [1.807, 2.05) is 42.5 Å². The lowest BCUT2D eigenvalue weighted by Crippen LogP contribution is -2.47. The van der Waals surface area contributed by atoms with Gasteiger partial charge in [0.25, 0.3) is 19.9 Å². The number of piperidine rings is 1. The SMILES string of the molecule is C=C(C)C1(C)CCC(c2ccc(Cl)cc2)=C(CN2CCC(N3CCc4c(ncnc4NS(=O)(=O)c4ccc(N[C@H](CCN5CCOCC5)CSc5ccccc5)c(S(=O)(=O)C(F)(F)F)c4)C3)CC2)C1. The molecule has 3 aromatic carbocycles. The standard InChI is InChI=1S/C50H61ClF3N7O5S3/c1-35(2)49(3)20-15-43(36-9-11-38(51)12-10-36)37(30-49)31-60-22-17-40(18-23-60)61-24-19-44-46(32-61)55-34-56-48(44)58-69(64,65)42-13-14-45(47(29-42)68(62,63)50(52,53)54)57-39(16-21-59-25-27-66-28-26-59)33-67-41-7-5-4-6-8-41/h4-14,29,34,39-40,57H,1,15-28,30-33H2,2-3H3,(H,55,56,58)/t39-,49?/m1/s1. The number of likely N-dealkylation sites (tertiary alicyclic amines) is 1. The number of sulfone groups is 1. The number of thioether (sulfide) groups is 1. The number of hydrogen-bond donors (Lipinski definition) is 2. The normalized spacial score (nSPS) is 20.9. The van der Waals surface area contributed by atoms with Crippen LogP contribution in [-0.4, -0.2) is 124 Å². The number of morpholine rings is 1. The summed E-state index contributed by atoms with van der Waals surface area (Å²) in [5.74, 6) is 0.412. The topological polar surface area (TPSA) is 137 Å². The summed E-state index contributed by atoms with van der Waals surface area (Å²) in [6, 6.07) is 20.2. The van der Waals surface area contributed by atoms with Crippen molar-refractivity contribution in [3.63, 3.8) is 0 Å². The summed E-state index contributed by atoms with van der Waals surface area (Å²) in [7, 11) is -10.6. The quantitative estimate of drug-likeness (QED) is 0.0770. The van der Waals surface area contributed by atoms with Crippen molar-refractivity contribution < 1.29 is 34.7 Å². The fourth-order valence-corrected chi connectivity index (χ4v) is 13.1. The molecule has 69 heavy (non-hydrogen) atoms. The lowest BCUT2D eigenvalue weighted by molar-refractivity contribution is -0.0435. The van der Waals surface area contributed by atoms with Gasteiger partial charge in [0.05, 0.1) is 29.5 Å². The molecular formula is C50H61ClF3N7O5S3. The van der Waals surface area contributed by atoms with Crippen LogP contribution in [0.4, 0.5) is 24.7 Å². The molecule has 3 aliphatic heterocycles. The number of aromatic nitrogens is 2. The van der Waals surface area contributed by atoms with Crippen LogP contribution in [-0.2, 0) is 37.6 Å². The van der Waals surface area contributed by atoms with E-state index in [0.29, 0.717) is 87.9 Å². The van der Waals surface area contributed by atoms with Gasteiger partial charge in [0.2, 0.25) is 0 Å². The summed E-state index contributed by atoms with van der Waals surface area (Å²) in [6.45, 7) is 15.8. The molecule has 1 unspecified atom stereocenters. The zero-order chi connectivity index (χ0) is 49.0. The van der Waals surface area contributed by atoms with Crippen molar-refractivity contribution in [1.29, 1.82) is 0 Å². The molecular weight excluding hydrogens is 967 g/mol. The molecule has 1 aromatic heterocycles. The lowest BCUT2D eigenvalue weighted by atomic mass is 9.68. The number of ether oxygens (including phenoxy) is 1. The van der Waals surface area contributed by atoms with Gasteiger partial charge in [0.1, 0.15) is 17.0 Å². The van der Waals surface area contributed by atoms with Gasteiger partial charge in [-0.15, -0.1) is 11.8 Å². The minimum Gasteiger partial charge on any atom is -0.380 e. The number of hydrogen-bond acceptors (Lipinski definition) is 12. The summed E-state index contributed by atoms with van der Waals surface area (Å²) in [4.78, 5) is 15.0. The highest BCUT2D eigenvalue weighted by Gasteiger charge is 2.48. The summed E-state index contributed by atoms with van der Waals surface area (Å²) in [6.07, 6.45) is 7.11. The number of halogens is 4. The van der Waals surface area contributed by atoms with E-state index < -0.39 is 41.2 Å². The molecule has 2 N–H and O–H groups in total. The van der Waals surface area contributed by atoms with E-state index in [9.17, 15) is 30.0 Å².